The molecular formula is C20H25N5O2. The minimum atomic E-state index is 0.505. The summed E-state index contributed by atoms with van der Waals surface area (Å²) in [6.45, 7) is 2.60. The first-order valence-corrected chi connectivity index (χ1v) is 8.99. The SMILES string of the molecule is CN=C(NCCCOCc1ccco1)NCc1cnn(-c2ccccc2)c1. The maximum atomic E-state index is 5.56. The van der Waals surface area contributed by atoms with Crippen molar-refractivity contribution in [3.8, 4) is 5.69 Å². The molecule has 1 aromatic carbocycles. The van der Waals surface area contributed by atoms with Crippen molar-refractivity contribution in [1.29, 1.82) is 0 Å². The maximum absolute atomic E-state index is 5.56. The minimum absolute atomic E-state index is 0.505. The molecule has 7 nitrogen and oxygen atoms in total. The van der Waals surface area contributed by atoms with Crippen molar-refractivity contribution in [2.24, 2.45) is 4.99 Å². The van der Waals surface area contributed by atoms with Crippen LogP contribution in [0.3, 0.4) is 0 Å². The van der Waals surface area contributed by atoms with E-state index in [-0.39, 0.29) is 0 Å². The molecule has 0 saturated heterocycles. The highest BCUT2D eigenvalue weighted by molar-refractivity contribution is 5.79. The van der Waals surface area contributed by atoms with Gasteiger partial charge < -0.3 is 19.8 Å². The summed E-state index contributed by atoms with van der Waals surface area (Å²) in [5.41, 5.74) is 2.13. The molecule has 3 aromatic rings. The molecule has 3 rings (SSSR count). The highest BCUT2D eigenvalue weighted by Gasteiger charge is 2.03. The molecule has 27 heavy (non-hydrogen) atoms. The number of benzene rings is 1. The topological polar surface area (TPSA) is 76.6 Å². The molecule has 142 valence electrons. The van der Waals surface area contributed by atoms with Gasteiger partial charge in [0.1, 0.15) is 12.4 Å². The monoisotopic (exact) mass is 367 g/mol. The Labute approximate surface area is 159 Å². The number of rotatable bonds is 9. The molecule has 0 atom stereocenters. The lowest BCUT2D eigenvalue weighted by Gasteiger charge is -2.11. The molecule has 0 saturated carbocycles. The third kappa shape index (κ3) is 6.00. The average Bonchev–Trinajstić information content (AvgIpc) is 3.39. The van der Waals surface area contributed by atoms with Crippen LogP contribution in [0.2, 0.25) is 0 Å². The highest BCUT2D eigenvalue weighted by atomic mass is 16.5. The lowest BCUT2D eigenvalue weighted by atomic mass is 10.3. The normalized spacial score (nSPS) is 11.5. The second-order valence-electron chi connectivity index (χ2n) is 5.97. The van der Waals surface area contributed by atoms with Crippen molar-refractivity contribution in [1.82, 2.24) is 20.4 Å². The van der Waals surface area contributed by atoms with Gasteiger partial charge in [-0.05, 0) is 30.7 Å². The lowest BCUT2D eigenvalue weighted by molar-refractivity contribution is 0.105. The van der Waals surface area contributed by atoms with Crippen LogP contribution >= 0.6 is 0 Å². The molecule has 0 fully saturated rings. The lowest BCUT2D eigenvalue weighted by Crippen LogP contribution is -2.37. The van der Waals surface area contributed by atoms with Gasteiger partial charge in [-0.25, -0.2) is 4.68 Å². The number of furan rings is 1. The van der Waals surface area contributed by atoms with Crippen molar-refractivity contribution >= 4 is 5.96 Å². The zero-order chi connectivity index (χ0) is 18.7. The van der Waals surface area contributed by atoms with Gasteiger partial charge >= 0.3 is 0 Å². The Balaban J connectivity index is 1.34. The van der Waals surface area contributed by atoms with Crippen molar-refractivity contribution in [3.05, 3.63) is 72.4 Å². The van der Waals surface area contributed by atoms with Gasteiger partial charge in [0.2, 0.25) is 0 Å². The third-order valence-electron chi connectivity index (χ3n) is 3.92. The zero-order valence-corrected chi connectivity index (χ0v) is 15.5. The first-order chi connectivity index (χ1) is 13.3. The summed E-state index contributed by atoms with van der Waals surface area (Å²) >= 11 is 0. The van der Waals surface area contributed by atoms with E-state index in [0.29, 0.717) is 19.8 Å². The summed E-state index contributed by atoms with van der Waals surface area (Å²) < 4.78 is 12.7. The molecule has 0 spiro atoms. The van der Waals surface area contributed by atoms with Gasteiger partial charge in [-0.3, -0.25) is 4.99 Å². The number of guanidine groups is 1. The van der Waals surface area contributed by atoms with Crippen LogP contribution in [0.1, 0.15) is 17.7 Å². The van der Waals surface area contributed by atoms with E-state index in [0.717, 1.165) is 35.9 Å². The van der Waals surface area contributed by atoms with Crippen LogP contribution in [-0.4, -0.2) is 35.9 Å². The van der Waals surface area contributed by atoms with Crippen LogP contribution in [0.4, 0.5) is 0 Å². The fraction of sp³-hybridized carbons (Fsp3) is 0.300. The molecule has 7 heteroatoms. The molecule has 0 radical (unpaired) electrons. The van der Waals surface area contributed by atoms with E-state index >= 15 is 0 Å². The smallest absolute Gasteiger partial charge is 0.191 e. The van der Waals surface area contributed by atoms with Crippen LogP contribution in [-0.2, 0) is 17.9 Å². The molecule has 0 aliphatic heterocycles. The maximum Gasteiger partial charge on any atom is 0.191 e. The van der Waals surface area contributed by atoms with E-state index in [1.807, 2.05) is 59.5 Å². The van der Waals surface area contributed by atoms with E-state index < -0.39 is 0 Å². The molecule has 0 aliphatic rings. The number of nitrogens with zero attached hydrogens (tertiary/aromatic N) is 3. The molecule has 2 heterocycles. The van der Waals surface area contributed by atoms with E-state index in [9.17, 15) is 0 Å². The number of ether oxygens (including phenoxy) is 1. The van der Waals surface area contributed by atoms with E-state index in [2.05, 4.69) is 20.7 Å². The molecule has 2 N–H and O–H groups in total. The van der Waals surface area contributed by atoms with Gasteiger partial charge in [-0.15, -0.1) is 0 Å². The Morgan fingerprint density at radius 1 is 1.19 bits per heavy atom. The minimum Gasteiger partial charge on any atom is -0.467 e. The Kier molecular flexibility index (Phi) is 7.06. The Hall–Kier alpha value is -3.06. The number of hydrogen-bond donors (Lipinski definition) is 2. The number of para-hydroxylation sites is 1. The number of aromatic nitrogens is 2. The molecular weight excluding hydrogens is 342 g/mol. The quantitative estimate of drug-likeness (QED) is 0.345. The van der Waals surface area contributed by atoms with Crippen LogP contribution in [0.25, 0.3) is 5.69 Å². The predicted molar refractivity (Wildman–Crippen MR) is 105 cm³/mol. The van der Waals surface area contributed by atoms with Crippen molar-refractivity contribution < 1.29 is 9.15 Å². The zero-order valence-electron chi connectivity index (χ0n) is 15.5. The predicted octanol–water partition coefficient (Wildman–Crippen LogP) is 2.74. The fourth-order valence-electron chi connectivity index (χ4n) is 2.53. The van der Waals surface area contributed by atoms with Crippen molar-refractivity contribution in [3.63, 3.8) is 0 Å². The van der Waals surface area contributed by atoms with Crippen molar-refractivity contribution in [2.45, 2.75) is 19.6 Å². The van der Waals surface area contributed by atoms with E-state index in [1.54, 1.807) is 13.3 Å². The van der Waals surface area contributed by atoms with Gasteiger partial charge in [-0.2, -0.15) is 5.10 Å². The fourth-order valence-corrected chi connectivity index (χ4v) is 2.53. The van der Waals surface area contributed by atoms with Crippen molar-refractivity contribution in [2.75, 3.05) is 20.2 Å². The average molecular weight is 367 g/mol. The molecule has 0 bridgehead atoms. The van der Waals surface area contributed by atoms with Gasteiger partial charge in [-0.1, -0.05) is 18.2 Å². The molecule has 0 unspecified atom stereocenters. The first kappa shape index (κ1) is 18.7. The van der Waals surface area contributed by atoms with Gasteiger partial charge in [0.05, 0.1) is 18.1 Å². The summed E-state index contributed by atoms with van der Waals surface area (Å²) in [6.07, 6.45) is 6.40. The molecule has 0 aliphatic carbocycles. The van der Waals surface area contributed by atoms with Gasteiger partial charge in [0.25, 0.3) is 0 Å². The summed E-state index contributed by atoms with van der Waals surface area (Å²) in [5.74, 6) is 1.60. The summed E-state index contributed by atoms with van der Waals surface area (Å²) in [7, 11) is 1.76. The first-order valence-electron chi connectivity index (χ1n) is 8.99. The summed E-state index contributed by atoms with van der Waals surface area (Å²) in [6, 6.07) is 13.8. The summed E-state index contributed by atoms with van der Waals surface area (Å²) in [4.78, 5) is 4.24. The second kappa shape index (κ2) is 10.2. The largest absolute Gasteiger partial charge is 0.467 e. The standard InChI is InChI=1S/C20H25N5O2/c1-21-20(22-10-6-11-26-16-19-9-5-12-27-19)23-13-17-14-24-25(15-17)18-7-3-2-4-8-18/h2-5,7-9,12,14-15H,6,10-11,13,16H2,1H3,(H2,21,22,23). The molecule has 0 amide bonds. The Morgan fingerprint density at radius 2 is 2.07 bits per heavy atom. The third-order valence-corrected chi connectivity index (χ3v) is 3.92. The van der Waals surface area contributed by atoms with Gasteiger partial charge in [0.15, 0.2) is 5.96 Å². The number of nitrogens with one attached hydrogen (secondary N) is 2. The number of aliphatic imine (C=N–C) groups is 1. The van der Waals surface area contributed by atoms with Crippen LogP contribution in [0.5, 0.6) is 0 Å². The van der Waals surface area contributed by atoms with Crippen LogP contribution < -0.4 is 10.6 Å². The number of hydrogen-bond acceptors (Lipinski definition) is 4. The Morgan fingerprint density at radius 3 is 2.85 bits per heavy atom. The summed E-state index contributed by atoms with van der Waals surface area (Å²) in [5, 5.41) is 11.0. The molecule has 2 aromatic heterocycles. The van der Waals surface area contributed by atoms with Gasteiger partial charge in [0, 0.05) is 38.5 Å². The van der Waals surface area contributed by atoms with Crippen LogP contribution in [0.15, 0.2) is 70.5 Å². The van der Waals surface area contributed by atoms with E-state index in [1.165, 1.54) is 0 Å². The second-order valence-corrected chi connectivity index (χ2v) is 5.97. The Bertz CT molecular complexity index is 812. The van der Waals surface area contributed by atoms with Crippen LogP contribution in [0, 0.1) is 0 Å². The highest BCUT2D eigenvalue weighted by Crippen LogP contribution is 2.07. The van der Waals surface area contributed by atoms with E-state index in [4.69, 9.17) is 9.15 Å².